The van der Waals surface area contributed by atoms with Gasteiger partial charge in [0, 0.05) is 17.3 Å². The van der Waals surface area contributed by atoms with Gasteiger partial charge in [-0.05, 0) is 24.6 Å². The van der Waals surface area contributed by atoms with Gasteiger partial charge in [-0.1, -0.05) is 25.1 Å². The Labute approximate surface area is 110 Å². The minimum Gasteiger partial charge on any atom is -0.378 e. The van der Waals surface area contributed by atoms with Gasteiger partial charge in [-0.15, -0.1) is 0 Å². The van der Waals surface area contributed by atoms with Crippen molar-refractivity contribution in [1.29, 1.82) is 0 Å². The van der Waals surface area contributed by atoms with E-state index in [9.17, 15) is 13.2 Å². The van der Waals surface area contributed by atoms with E-state index < -0.39 is 11.6 Å². The van der Waals surface area contributed by atoms with Crippen molar-refractivity contribution in [1.82, 2.24) is 0 Å². The van der Waals surface area contributed by atoms with Crippen molar-refractivity contribution in [2.45, 2.75) is 19.4 Å². The number of hydrogen-bond acceptors (Lipinski definition) is 1. The number of benzene rings is 2. The second kappa shape index (κ2) is 5.78. The lowest BCUT2D eigenvalue weighted by molar-refractivity contribution is 0.508. The standard InChI is InChI=1S/C15H14F3N/c1-2-15(11-5-3-4-6-12(11)16)19-10-7-8-13(17)14(18)9-10/h3-9,15,19H,2H2,1H3. The van der Waals surface area contributed by atoms with Crippen molar-refractivity contribution in [2.75, 3.05) is 5.32 Å². The SMILES string of the molecule is CCC(Nc1ccc(F)c(F)c1)c1ccccc1F. The van der Waals surface area contributed by atoms with Gasteiger partial charge in [0.25, 0.3) is 0 Å². The van der Waals surface area contributed by atoms with E-state index in [4.69, 9.17) is 0 Å². The molecule has 100 valence electrons. The highest BCUT2D eigenvalue weighted by Gasteiger charge is 2.14. The van der Waals surface area contributed by atoms with Crippen LogP contribution in [0.15, 0.2) is 42.5 Å². The van der Waals surface area contributed by atoms with Crippen LogP contribution in [-0.2, 0) is 0 Å². The van der Waals surface area contributed by atoms with Gasteiger partial charge in [0.2, 0.25) is 0 Å². The van der Waals surface area contributed by atoms with Crippen LogP contribution in [0.4, 0.5) is 18.9 Å². The molecule has 1 nitrogen and oxygen atoms in total. The van der Waals surface area contributed by atoms with Crippen molar-refractivity contribution < 1.29 is 13.2 Å². The molecule has 1 N–H and O–H groups in total. The molecule has 19 heavy (non-hydrogen) atoms. The molecule has 0 fully saturated rings. The van der Waals surface area contributed by atoms with Crippen LogP contribution >= 0.6 is 0 Å². The van der Waals surface area contributed by atoms with Crippen molar-refractivity contribution >= 4 is 5.69 Å². The number of rotatable bonds is 4. The van der Waals surface area contributed by atoms with Gasteiger partial charge in [-0.25, -0.2) is 13.2 Å². The average Bonchev–Trinajstić information content (AvgIpc) is 2.41. The molecule has 2 rings (SSSR count). The van der Waals surface area contributed by atoms with Gasteiger partial charge in [-0.2, -0.15) is 0 Å². The second-order valence-electron chi connectivity index (χ2n) is 4.26. The van der Waals surface area contributed by atoms with Gasteiger partial charge in [0.1, 0.15) is 5.82 Å². The van der Waals surface area contributed by atoms with Crippen LogP contribution < -0.4 is 5.32 Å². The Kier molecular flexibility index (Phi) is 4.10. The summed E-state index contributed by atoms with van der Waals surface area (Å²) in [6.07, 6.45) is 0.625. The predicted molar refractivity (Wildman–Crippen MR) is 69.4 cm³/mol. The summed E-state index contributed by atoms with van der Waals surface area (Å²) in [5.74, 6) is -2.14. The van der Waals surface area contributed by atoms with Gasteiger partial charge >= 0.3 is 0 Å². The van der Waals surface area contributed by atoms with Crippen LogP contribution in [0.3, 0.4) is 0 Å². The molecular formula is C15H14F3N. The zero-order chi connectivity index (χ0) is 13.8. The van der Waals surface area contributed by atoms with Gasteiger partial charge < -0.3 is 5.32 Å². The molecule has 0 aliphatic rings. The van der Waals surface area contributed by atoms with Crippen LogP contribution in [0.1, 0.15) is 24.9 Å². The van der Waals surface area contributed by atoms with Gasteiger partial charge in [0.05, 0.1) is 6.04 Å². The first-order valence-electron chi connectivity index (χ1n) is 6.08. The fourth-order valence-corrected chi connectivity index (χ4v) is 1.94. The summed E-state index contributed by atoms with van der Waals surface area (Å²) in [4.78, 5) is 0. The maximum absolute atomic E-state index is 13.7. The van der Waals surface area contributed by atoms with Crippen molar-refractivity contribution in [3.63, 3.8) is 0 Å². The minimum atomic E-state index is -0.923. The third kappa shape index (κ3) is 3.08. The number of hydrogen-bond donors (Lipinski definition) is 1. The van der Waals surface area contributed by atoms with Gasteiger partial charge in [0.15, 0.2) is 11.6 Å². The normalized spacial score (nSPS) is 12.2. The highest BCUT2D eigenvalue weighted by molar-refractivity contribution is 5.46. The minimum absolute atomic E-state index is 0.286. The smallest absolute Gasteiger partial charge is 0.160 e. The summed E-state index contributed by atoms with van der Waals surface area (Å²) < 4.78 is 39.7. The molecule has 1 atom stereocenters. The van der Waals surface area contributed by atoms with Crippen molar-refractivity contribution in [2.24, 2.45) is 0 Å². The molecule has 1 unspecified atom stereocenters. The fraction of sp³-hybridized carbons (Fsp3) is 0.200. The van der Waals surface area contributed by atoms with E-state index in [0.717, 1.165) is 12.1 Å². The highest BCUT2D eigenvalue weighted by atomic mass is 19.2. The van der Waals surface area contributed by atoms with E-state index in [1.165, 1.54) is 12.1 Å². The summed E-state index contributed by atoms with van der Waals surface area (Å²) in [7, 11) is 0. The monoisotopic (exact) mass is 265 g/mol. The molecule has 0 amide bonds. The molecule has 2 aromatic carbocycles. The first-order valence-corrected chi connectivity index (χ1v) is 6.08. The van der Waals surface area contributed by atoms with E-state index >= 15 is 0 Å². The molecule has 0 aliphatic heterocycles. The highest BCUT2D eigenvalue weighted by Crippen LogP contribution is 2.25. The topological polar surface area (TPSA) is 12.0 Å². The predicted octanol–water partition coefficient (Wildman–Crippen LogP) is 4.67. The third-order valence-electron chi connectivity index (χ3n) is 2.95. The second-order valence-corrected chi connectivity index (χ2v) is 4.26. The summed E-state index contributed by atoms with van der Waals surface area (Å²) >= 11 is 0. The molecule has 0 aliphatic carbocycles. The Morgan fingerprint density at radius 1 is 0.947 bits per heavy atom. The van der Waals surface area contributed by atoms with E-state index in [2.05, 4.69) is 5.32 Å². The lowest BCUT2D eigenvalue weighted by Crippen LogP contribution is -2.11. The van der Waals surface area contributed by atoms with Gasteiger partial charge in [-0.3, -0.25) is 0 Å². The first kappa shape index (κ1) is 13.5. The first-order chi connectivity index (χ1) is 9.11. The van der Waals surface area contributed by atoms with Crippen LogP contribution in [0, 0.1) is 17.5 Å². The zero-order valence-electron chi connectivity index (χ0n) is 10.5. The number of halogens is 3. The van der Waals surface area contributed by atoms with E-state index in [-0.39, 0.29) is 11.9 Å². The molecule has 0 saturated heterocycles. The van der Waals surface area contributed by atoms with E-state index in [1.807, 2.05) is 6.92 Å². The van der Waals surface area contributed by atoms with Crippen molar-refractivity contribution in [3.05, 3.63) is 65.5 Å². The Hall–Kier alpha value is -1.97. The van der Waals surface area contributed by atoms with E-state index in [1.54, 1.807) is 18.2 Å². The maximum Gasteiger partial charge on any atom is 0.160 e. The summed E-state index contributed by atoms with van der Waals surface area (Å²) in [5.41, 5.74) is 0.934. The molecule has 0 saturated carbocycles. The van der Waals surface area contributed by atoms with Crippen LogP contribution in [0.25, 0.3) is 0 Å². The Balaban J connectivity index is 2.24. The van der Waals surface area contributed by atoms with Crippen LogP contribution in [-0.4, -0.2) is 0 Å². The Bertz CT molecular complexity index is 569. The molecule has 0 radical (unpaired) electrons. The quantitative estimate of drug-likeness (QED) is 0.847. The molecule has 0 aromatic heterocycles. The molecule has 0 spiro atoms. The molecule has 0 bridgehead atoms. The molecule has 2 aromatic rings. The number of anilines is 1. The summed E-state index contributed by atoms with van der Waals surface area (Å²) in [6, 6.07) is 9.68. The maximum atomic E-state index is 13.7. The summed E-state index contributed by atoms with van der Waals surface area (Å²) in [6.45, 7) is 1.89. The number of nitrogens with one attached hydrogen (secondary N) is 1. The molecule has 4 heteroatoms. The summed E-state index contributed by atoms with van der Waals surface area (Å²) in [5, 5.41) is 3.01. The lowest BCUT2D eigenvalue weighted by atomic mass is 10.0. The largest absolute Gasteiger partial charge is 0.378 e. The molecule has 0 heterocycles. The van der Waals surface area contributed by atoms with Crippen molar-refractivity contribution in [3.8, 4) is 0 Å². The lowest BCUT2D eigenvalue weighted by Gasteiger charge is -2.19. The Morgan fingerprint density at radius 3 is 2.32 bits per heavy atom. The van der Waals surface area contributed by atoms with Crippen LogP contribution in [0.2, 0.25) is 0 Å². The average molecular weight is 265 g/mol. The zero-order valence-corrected chi connectivity index (χ0v) is 10.5. The third-order valence-corrected chi connectivity index (χ3v) is 2.95. The van der Waals surface area contributed by atoms with E-state index in [0.29, 0.717) is 17.7 Å². The Morgan fingerprint density at radius 2 is 1.68 bits per heavy atom. The van der Waals surface area contributed by atoms with Crippen LogP contribution in [0.5, 0.6) is 0 Å². The fourth-order valence-electron chi connectivity index (χ4n) is 1.94. The molecular weight excluding hydrogens is 251 g/mol.